The summed E-state index contributed by atoms with van der Waals surface area (Å²) in [5.41, 5.74) is 0.976. The van der Waals surface area contributed by atoms with Crippen LogP contribution >= 0.6 is 17.9 Å². The molecule has 1 aromatic carbocycles. The molecule has 1 atom stereocenters. The molecule has 0 spiro atoms. The Morgan fingerprint density at radius 1 is 1.18 bits per heavy atom. The van der Waals surface area contributed by atoms with Gasteiger partial charge in [-0.3, -0.25) is 4.57 Å². The quantitative estimate of drug-likeness (QED) is 0.543. The van der Waals surface area contributed by atoms with E-state index in [0.29, 0.717) is 19.3 Å². The summed E-state index contributed by atoms with van der Waals surface area (Å²) in [5.74, 6) is 0. The van der Waals surface area contributed by atoms with Crippen LogP contribution in [0.4, 0.5) is 0 Å². The molecule has 0 radical (unpaired) electrons. The van der Waals surface area contributed by atoms with Crippen LogP contribution < -0.4 is 0 Å². The summed E-state index contributed by atoms with van der Waals surface area (Å²) in [4.78, 5) is 0. The Morgan fingerprint density at radius 2 is 1.71 bits per heavy atom. The lowest BCUT2D eigenvalue weighted by Crippen LogP contribution is -2.19. The first-order valence-electron chi connectivity index (χ1n) is 5.40. The third-order valence-corrected chi connectivity index (χ3v) is 5.25. The lowest BCUT2D eigenvalue weighted by atomic mass is 10.2. The smallest absolute Gasteiger partial charge is 0.239 e. The van der Waals surface area contributed by atoms with Gasteiger partial charge in [-0.1, -0.05) is 42.5 Å². The molecule has 0 heterocycles. The molecule has 0 aliphatic carbocycles. The van der Waals surface area contributed by atoms with E-state index in [1.165, 1.54) is 0 Å². The van der Waals surface area contributed by atoms with E-state index in [1.807, 2.05) is 30.3 Å². The van der Waals surface area contributed by atoms with Crippen molar-refractivity contribution in [1.82, 2.24) is 4.67 Å². The summed E-state index contributed by atoms with van der Waals surface area (Å²) in [6.45, 7) is 5.40. The van der Waals surface area contributed by atoms with E-state index in [4.69, 9.17) is 11.2 Å². The van der Waals surface area contributed by atoms with Crippen LogP contribution in [0.5, 0.6) is 0 Å². The number of halogens is 1. The van der Waals surface area contributed by atoms with Crippen molar-refractivity contribution in [2.24, 2.45) is 0 Å². The highest BCUT2D eigenvalue weighted by molar-refractivity contribution is 7.86. The molecule has 4 heteroatoms. The van der Waals surface area contributed by atoms with Gasteiger partial charge in [0.2, 0.25) is 6.65 Å². The Morgan fingerprint density at radius 3 is 2.18 bits per heavy atom. The lowest BCUT2D eigenvalue weighted by molar-refractivity contribution is 0.484. The van der Waals surface area contributed by atoms with E-state index >= 15 is 0 Å². The van der Waals surface area contributed by atoms with E-state index in [9.17, 15) is 4.57 Å². The Hall–Kier alpha value is -0.820. The number of hydrogen-bond acceptors (Lipinski definition) is 1. The van der Waals surface area contributed by atoms with Crippen molar-refractivity contribution in [3.8, 4) is 0 Å². The standard InChI is InChI=1S/C13H17ClNOP/c1-3-10-15(11-4-2)17(14,16)12-13-8-6-5-7-9-13/h3-9H,1-2,10-12H2. The molecule has 0 aromatic heterocycles. The molecule has 17 heavy (non-hydrogen) atoms. The minimum atomic E-state index is -2.89. The maximum Gasteiger partial charge on any atom is 0.239 e. The molecule has 0 aliphatic rings. The first kappa shape index (κ1) is 14.2. The van der Waals surface area contributed by atoms with Crippen molar-refractivity contribution in [2.45, 2.75) is 6.16 Å². The summed E-state index contributed by atoms with van der Waals surface area (Å²) in [6, 6.07) is 9.60. The summed E-state index contributed by atoms with van der Waals surface area (Å²) >= 11 is 6.18. The molecular weight excluding hydrogens is 253 g/mol. The average molecular weight is 270 g/mol. The van der Waals surface area contributed by atoms with Crippen molar-refractivity contribution < 1.29 is 4.57 Å². The van der Waals surface area contributed by atoms with Crippen molar-refractivity contribution in [3.63, 3.8) is 0 Å². The van der Waals surface area contributed by atoms with Crippen molar-refractivity contribution in [1.29, 1.82) is 0 Å². The summed E-state index contributed by atoms with van der Waals surface area (Å²) in [6.07, 6.45) is 3.75. The molecule has 0 amide bonds. The fourth-order valence-corrected chi connectivity index (χ4v) is 3.89. The number of rotatable bonds is 7. The molecule has 0 bridgehead atoms. The topological polar surface area (TPSA) is 20.3 Å². The van der Waals surface area contributed by atoms with Crippen LogP contribution in [0.1, 0.15) is 5.56 Å². The predicted octanol–water partition coefficient (Wildman–Crippen LogP) is 4.29. The molecular formula is C13H17ClNOP. The van der Waals surface area contributed by atoms with Crippen molar-refractivity contribution in [2.75, 3.05) is 13.1 Å². The van der Waals surface area contributed by atoms with Gasteiger partial charge in [-0.05, 0) is 16.8 Å². The van der Waals surface area contributed by atoms with Gasteiger partial charge >= 0.3 is 0 Å². The largest absolute Gasteiger partial charge is 0.289 e. The molecule has 92 valence electrons. The second-order valence-corrected chi connectivity index (χ2v) is 7.41. The number of nitrogens with zero attached hydrogens (tertiary/aromatic N) is 1. The second kappa shape index (κ2) is 6.80. The summed E-state index contributed by atoms with van der Waals surface area (Å²) < 4.78 is 14.2. The fourth-order valence-electron chi connectivity index (χ4n) is 1.53. The Labute approximate surface area is 108 Å². The average Bonchev–Trinajstić information content (AvgIpc) is 2.29. The predicted molar refractivity (Wildman–Crippen MR) is 75.6 cm³/mol. The second-order valence-electron chi connectivity index (χ2n) is 3.71. The van der Waals surface area contributed by atoms with Crippen molar-refractivity contribution in [3.05, 3.63) is 61.2 Å². The van der Waals surface area contributed by atoms with E-state index in [2.05, 4.69) is 13.2 Å². The van der Waals surface area contributed by atoms with Gasteiger partial charge in [0, 0.05) is 13.1 Å². The van der Waals surface area contributed by atoms with E-state index in [1.54, 1.807) is 16.8 Å². The van der Waals surface area contributed by atoms with Gasteiger partial charge in [-0.25, -0.2) is 4.67 Å². The summed E-state index contributed by atoms with van der Waals surface area (Å²) in [7, 11) is 0. The maximum atomic E-state index is 12.5. The Balaban J connectivity index is 2.81. The maximum absolute atomic E-state index is 12.5. The van der Waals surface area contributed by atoms with Gasteiger partial charge in [0.05, 0.1) is 6.16 Å². The zero-order valence-electron chi connectivity index (χ0n) is 9.76. The zero-order chi connectivity index (χ0) is 12.7. The van der Waals surface area contributed by atoms with Crippen LogP contribution in [0.25, 0.3) is 0 Å². The number of benzene rings is 1. The third kappa shape index (κ3) is 4.51. The van der Waals surface area contributed by atoms with Gasteiger partial charge in [0.1, 0.15) is 0 Å². The lowest BCUT2D eigenvalue weighted by Gasteiger charge is -2.24. The summed E-state index contributed by atoms with van der Waals surface area (Å²) in [5, 5.41) is 0. The number of hydrogen-bond donors (Lipinski definition) is 0. The van der Waals surface area contributed by atoms with Gasteiger partial charge in [0.25, 0.3) is 0 Å². The molecule has 2 nitrogen and oxygen atoms in total. The molecule has 1 aromatic rings. The normalized spacial score (nSPS) is 14.2. The Kier molecular flexibility index (Phi) is 5.70. The van der Waals surface area contributed by atoms with Crippen molar-refractivity contribution >= 4 is 17.9 Å². The minimum absolute atomic E-state index is 0.358. The van der Waals surface area contributed by atoms with E-state index in [-0.39, 0.29) is 0 Å². The molecule has 0 N–H and O–H groups in total. The van der Waals surface area contributed by atoms with Gasteiger partial charge < -0.3 is 0 Å². The third-order valence-electron chi connectivity index (χ3n) is 2.32. The molecule has 0 fully saturated rings. The van der Waals surface area contributed by atoms with E-state index < -0.39 is 6.65 Å². The molecule has 1 rings (SSSR count). The molecule has 0 aliphatic heterocycles. The molecule has 0 saturated heterocycles. The van der Waals surface area contributed by atoms with Crippen LogP contribution in [0.2, 0.25) is 0 Å². The van der Waals surface area contributed by atoms with Crippen LogP contribution in [0.15, 0.2) is 55.6 Å². The monoisotopic (exact) mass is 269 g/mol. The Bertz CT molecular complexity index is 409. The first-order chi connectivity index (χ1) is 8.10. The van der Waals surface area contributed by atoms with Crippen LogP contribution in [-0.4, -0.2) is 17.8 Å². The van der Waals surface area contributed by atoms with Crippen LogP contribution in [0, 0.1) is 0 Å². The SMILES string of the molecule is C=CCN(CC=C)P(=O)(Cl)Cc1ccccc1. The highest BCUT2D eigenvalue weighted by Gasteiger charge is 2.26. The van der Waals surface area contributed by atoms with Gasteiger partial charge in [0.15, 0.2) is 0 Å². The minimum Gasteiger partial charge on any atom is -0.289 e. The van der Waals surface area contributed by atoms with E-state index in [0.717, 1.165) is 5.56 Å². The van der Waals surface area contributed by atoms with Gasteiger partial charge in [-0.2, -0.15) is 0 Å². The molecule has 0 saturated carbocycles. The highest BCUT2D eigenvalue weighted by atomic mass is 35.7. The molecule has 1 unspecified atom stereocenters. The zero-order valence-corrected chi connectivity index (χ0v) is 11.4. The fraction of sp³-hybridized carbons (Fsp3) is 0.231. The first-order valence-corrected chi connectivity index (χ1v) is 8.15. The van der Waals surface area contributed by atoms with Crippen LogP contribution in [0.3, 0.4) is 0 Å². The van der Waals surface area contributed by atoms with Gasteiger partial charge in [-0.15, -0.1) is 13.2 Å². The highest BCUT2D eigenvalue weighted by Crippen LogP contribution is 2.57. The van der Waals surface area contributed by atoms with Crippen LogP contribution in [-0.2, 0) is 10.7 Å².